The lowest BCUT2D eigenvalue weighted by molar-refractivity contribution is -0.127. The standard InChI is InChI=1S/C25H19FN2O7S2/c1-34-21-13-16(7-12-20(21)35-37(32,33)19-10-8-17(26)9-11-19)14-22-24(30)28(25(31)36-22)15-23(29)27-18-5-3-2-4-6-18/h2-14H,15H2,1H3,(H,27,29)/b22-14-. The summed E-state index contributed by atoms with van der Waals surface area (Å²) in [6, 6.07) is 17.0. The highest BCUT2D eigenvalue weighted by Gasteiger charge is 2.36. The van der Waals surface area contributed by atoms with Gasteiger partial charge >= 0.3 is 10.1 Å². The number of halogens is 1. The number of ether oxygens (including phenoxy) is 1. The van der Waals surface area contributed by atoms with Crippen LogP contribution < -0.4 is 14.2 Å². The van der Waals surface area contributed by atoms with Gasteiger partial charge in [0.15, 0.2) is 11.5 Å². The number of hydrogen-bond acceptors (Lipinski definition) is 8. The van der Waals surface area contributed by atoms with Crippen LogP contribution in [0.25, 0.3) is 6.08 Å². The van der Waals surface area contributed by atoms with Gasteiger partial charge in [-0.05, 0) is 71.9 Å². The van der Waals surface area contributed by atoms with Gasteiger partial charge in [-0.15, -0.1) is 0 Å². The lowest BCUT2D eigenvalue weighted by Gasteiger charge is -2.12. The number of thioether (sulfide) groups is 1. The number of imide groups is 1. The van der Waals surface area contributed by atoms with Gasteiger partial charge in [0.05, 0.1) is 12.0 Å². The molecule has 0 aliphatic carbocycles. The van der Waals surface area contributed by atoms with E-state index in [1.54, 1.807) is 30.3 Å². The van der Waals surface area contributed by atoms with Crippen molar-refractivity contribution in [2.24, 2.45) is 0 Å². The molecule has 1 saturated heterocycles. The number of carbonyl (C=O) groups excluding carboxylic acids is 3. The van der Waals surface area contributed by atoms with Crippen molar-refractivity contribution in [2.75, 3.05) is 19.0 Å². The van der Waals surface area contributed by atoms with Crippen LogP contribution in [0.2, 0.25) is 0 Å². The molecule has 1 fully saturated rings. The van der Waals surface area contributed by atoms with Crippen molar-refractivity contribution >= 4 is 50.7 Å². The highest BCUT2D eigenvalue weighted by atomic mass is 32.2. The lowest BCUT2D eigenvalue weighted by Crippen LogP contribution is -2.36. The van der Waals surface area contributed by atoms with Crippen LogP contribution in [0.4, 0.5) is 14.9 Å². The van der Waals surface area contributed by atoms with Gasteiger partial charge in [0.2, 0.25) is 5.91 Å². The molecule has 1 aliphatic heterocycles. The maximum absolute atomic E-state index is 13.1. The van der Waals surface area contributed by atoms with Gasteiger partial charge < -0.3 is 14.2 Å². The maximum Gasteiger partial charge on any atom is 0.339 e. The zero-order valence-corrected chi connectivity index (χ0v) is 20.8. The predicted molar refractivity (Wildman–Crippen MR) is 135 cm³/mol. The van der Waals surface area contributed by atoms with Gasteiger partial charge in [-0.1, -0.05) is 24.3 Å². The summed E-state index contributed by atoms with van der Waals surface area (Å²) < 4.78 is 48.6. The zero-order chi connectivity index (χ0) is 26.6. The quantitative estimate of drug-likeness (QED) is 0.331. The predicted octanol–water partition coefficient (Wildman–Crippen LogP) is 4.28. The van der Waals surface area contributed by atoms with E-state index in [0.29, 0.717) is 23.0 Å². The van der Waals surface area contributed by atoms with E-state index in [1.807, 2.05) is 0 Å². The minimum absolute atomic E-state index is 0.0425. The molecule has 1 N–H and O–H groups in total. The number of amides is 3. The van der Waals surface area contributed by atoms with E-state index < -0.39 is 39.5 Å². The van der Waals surface area contributed by atoms with Gasteiger partial charge in [-0.25, -0.2) is 4.39 Å². The summed E-state index contributed by atoms with van der Waals surface area (Å²) >= 11 is 0.671. The van der Waals surface area contributed by atoms with Crippen LogP contribution >= 0.6 is 11.8 Å². The molecule has 0 unspecified atom stereocenters. The number of methoxy groups -OCH3 is 1. The Labute approximate surface area is 216 Å². The summed E-state index contributed by atoms with van der Waals surface area (Å²) in [7, 11) is -2.96. The van der Waals surface area contributed by atoms with E-state index >= 15 is 0 Å². The fraction of sp³-hybridized carbons (Fsp3) is 0.0800. The Morgan fingerprint density at radius 1 is 1.03 bits per heavy atom. The second kappa shape index (κ2) is 10.8. The molecule has 37 heavy (non-hydrogen) atoms. The van der Waals surface area contributed by atoms with Crippen molar-refractivity contribution in [3.8, 4) is 11.5 Å². The molecule has 0 radical (unpaired) electrons. The third kappa shape index (κ3) is 6.16. The van der Waals surface area contributed by atoms with Gasteiger partial charge in [-0.3, -0.25) is 19.3 Å². The van der Waals surface area contributed by atoms with E-state index in [4.69, 9.17) is 8.92 Å². The monoisotopic (exact) mass is 542 g/mol. The van der Waals surface area contributed by atoms with Gasteiger partial charge in [-0.2, -0.15) is 8.42 Å². The first kappa shape index (κ1) is 25.9. The highest BCUT2D eigenvalue weighted by Crippen LogP contribution is 2.35. The van der Waals surface area contributed by atoms with E-state index in [9.17, 15) is 27.2 Å². The molecule has 9 nitrogen and oxygen atoms in total. The van der Waals surface area contributed by atoms with E-state index in [2.05, 4.69) is 5.32 Å². The smallest absolute Gasteiger partial charge is 0.339 e. The summed E-state index contributed by atoms with van der Waals surface area (Å²) in [5, 5.41) is 2.02. The topological polar surface area (TPSA) is 119 Å². The molecule has 1 aliphatic rings. The first-order valence-corrected chi connectivity index (χ1v) is 12.9. The molecule has 3 aromatic carbocycles. The summed E-state index contributed by atoms with van der Waals surface area (Å²) in [6.45, 7) is -0.450. The van der Waals surface area contributed by atoms with Crippen molar-refractivity contribution in [3.63, 3.8) is 0 Å². The van der Waals surface area contributed by atoms with Crippen molar-refractivity contribution < 1.29 is 36.1 Å². The van der Waals surface area contributed by atoms with Gasteiger partial charge in [0.1, 0.15) is 17.3 Å². The Morgan fingerprint density at radius 3 is 2.41 bits per heavy atom. The Bertz CT molecular complexity index is 1490. The number of nitrogens with one attached hydrogen (secondary N) is 1. The molecule has 1 heterocycles. The third-order valence-corrected chi connectivity index (χ3v) is 7.18. The Balaban J connectivity index is 1.49. The average molecular weight is 543 g/mol. The van der Waals surface area contributed by atoms with E-state index in [1.165, 1.54) is 31.4 Å². The van der Waals surface area contributed by atoms with E-state index in [-0.39, 0.29) is 21.3 Å². The van der Waals surface area contributed by atoms with Crippen LogP contribution in [0.1, 0.15) is 5.56 Å². The molecule has 3 aromatic rings. The Hall–Kier alpha value is -4.16. The summed E-state index contributed by atoms with van der Waals surface area (Å²) in [5.41, 5.74) is 0.952. The molecule has 190 valence electrons. The molecule has 0 spiro atoms. The number of anilines is 1. The Morgan fingerprint density at radius 2 is 1.73 bits per heavy atom. The number of carbonyl (C=O) groups is 3. The highest BCUT2D eigenvalue weighted by molar-refractivity contribution is 8.18. The summed E-state index contributed by atoms with van der Waals surface area (Å²) in [6.07, 6.45) is 1.42. The van der Waals surface area contributed by atoms with Crippen LogP contribution in [-0.2, 0) is 19.7 Å². The zero-order valence-electron chi connectivity index (χ0n) is 19.2. The first-order chi connectivity index (χ1) is 17.7. The number of benzene rings is 3. The minimum atomic E-state index is -4.27. The van der Waals surface area contributed by atoms with Gasteiger partial charge in [0, 0.05) is 5.69 Å². The summed E-state index contributed by atoms with van der Waals surface area (Å²) in [5.74, 6) is -1.85. The van der Waals surface area contributed by atoms with Crippen molar-refractivity contribution in [1.82, 2.24) is 4.90 Å². The van der Waals surface area contributed by atoms with Crippen molar-refractivity contribution in [1.29, 1.82) is 0 Å². The largest absolute Gasteiger partial charge is 0.493 e. The van der Waals surface area contributed by atoms with Crippen LogP contribution in [0.3, 0.4) is 0 Å². The fourth-order valence-corrected chi connectivity index (χ4v) is 5.04. The van der Waals surface area contributed by atoms with Crippen molar-refractivity contribution in [3.05, 3.63) is 89.1 Å². The number of hydrogen-bond donors (Lipinski definition) is 1. The molecular weight excluding hydrogens is 523 g/mol. The number of para-hydroxylation sites is 1. The molecule has 0 bridgehead atoms. The van der Waals surface area contributed by atoms with Crippen LogP contribution in [0.15, 0.2) is 82.6 Å². The van der Waals surface area contributed by atoms with Crippen molar-refractivity contribution in [2.45, 2.75) is 4.90 Å². The normalized spacial score (nSPS) is 14.6. The lowest BCUT2D eigenvalue weighted by atomic mass is 10.2. The molecule has 3 amide bonds. The van der Waals surface area contributed by atoms with Crippen LogP contribution in [0.5, 0.6) is 11.5 Å². The SMILES string of the molecule is COc1cc(/C=C2\SC(=O)N(CC(=O)Nc3ccccc3)C2=O)ccc1OS(=O)(=O)c1ccc(F)cc1. The first-order valence-electron chi connectivity index (χ1n) is 10.6. The number of nitrogens with zero attached hydrogens (tertiary/aromatic N) is 1. The number of rotatable bonds is 8. The molecule has 0 aromatic heterocycles. The molecule has 0 atom stereocenters. The second-order valence-corrected chi connectivity index (χ2v) is 10.1. The van der Waals surface area contributed by atoms with E-state index in [0.717, 1.165) is 29.2 Å². The molecular formula is C25H19FN2O7S2. The van der Waals surface area contributed by atoms with Crippen LogP contribution in [-0.4, -0.2) is 44.0 Å². The minimum Gasteiger partial charge on any atom is -0.493 e. The van der Waals surface area contributed by atoms with Gasteiger partial charge in [0.25, 0.3) is 11.1 Å². The third-order valence-electron chi connectivity index (χ3n) is 5.02. The van der Waals surface area contributed by atoms with Crippen LogP contribution in [0, 0.1) is 5.82 Å². The molecule has 12 heteroatoms. The fourth-order valence-electron chi connectivity index (χ4n) is 3.26. The Kier molecular flexibility index (Phi) is 7.60. The average Bonchev–Trinajstić information content (AvgIpc) is 3.12. The summed E-state index contributed by atoms with van der Waals surface area (Å²) in [4.78, 5) is 38.1. The maximum atomic E-state index is 13.1. The molecule has 4 rings (SSSR count). The second-order valence-electron chi connectivity index (χ2n) is 7.58. The molecule has 0 saturated carbocycles.